The molecule has 0 N–H and O–H groups in total. The summed E-state index contributed by atoms with van der Waals surface area (Å²) in [6, 6.07) is 6.42. The van der Waals surface area contributed by atoms with Gasteiger partial charge in [-0.05, 0) is 12.1 Å². The Bertz CT molecular complexity index is 384. The lowest BCUT2D eigenvalue weighted by Crippen LogP contribution is -2.06. The lowest BCUT2D eigenvalue weighted by Gasteiger charge is -2.03. The molecule has 1 atom stereocenters. The Morgan fingerprint density at radius 3 is 2.29 bits per heavy atom. The molecule has 14 heavy (non-hydrogen) atoms. The smallest absolute Gasteiger partial charge is 0.414 e. The Hall–Kier alpha value is -1.55. The van der Waals surface area contributed by atoms with E-state index < -0.39 is 18.2 Å². The van der Waals surface area contributed by atoms with Gasteiger partial charge in [-0.25, -0.2) is 9.59 Å². The molecule has 0 radical (unpaired) electrons. The number of carbonyl (C=O) groups is 2. The number of carbonyl (C=O) groups excluding carboxylic acids is 2. The third kappa shape index (κ3) is 1.56. The van der Waals surface area contributed by atoms with Crippen molar-refractivity contribution in [1.82, 2.24) is 0 Å². The van der Waals surface area contributed by atoms with Crippen molar-refractivity contribution < 1.29 is 19.1 Å². The van der Waals surface area contributed by atoms with Crippen LogP contribution in [0, 0.1) is 0 Å². The Labute approximate surface area is 84.4 Å². The van der Waals surface area contributed by atoms with Gasteiger partial charge in [-0.2, -0.15) is 0 Å². The Kier molecular flexibility index (Phi) is 2.13. The Morgan fingerprint density at radius 2 is 1.79 bits per heavy atom. The van der Waals surface area contributed by atoms with Gasteiger partial charge in [0.05, 0.1) is 0 Å². The van der Waals surface area contributed by atoms with Crippen molar-refractivity contribution in [1.29, 1.82) is 0 Å². The number of ether oxygens (including phenoxy) is 2. The summed E-state index contributed by atoms with van der Waals surface area (Å²) >= 11 is 5.66. The summed E-state index contributed by atoms with van der Waals surface area (Å²) in [6.07, 6.45) is -1.92. The van der Waals surface area contributed by atoms with Crippen molar-refractivity contribution in [3.8, 4) is 0 Å². The summed E-state index contributed by atoms with van der Waals surface area (Å²) < 4.78 is 8.87. The molecule has 4 nitrogen and oxygen atoms in total. The van der Waals surface area contributed by atoms with Gasteiger partial charge in [-0.1, -0.05) is 23.7 Å². The first-order chi connectivity index (χ1) is 6.66. The standard InChI is InChI=1S/C9H5ClO4/c10-6-3-1-5(2-4-6)7-8(11)14-9(12)13-7/h1-4,7H. The molecule has 1 aromatic carbocycles. The van der Waals surface area contributed by atoms with Gasteiger partial charge < -0.3 is 9.47 Å². The van der Waals surface area contributed by atoms with Gasteiger partial charge in [-0.15, -0.1) is 0 Å². The van der Waals surface area contributed by atoms with Crippen LogP contribution in [0.25, 0.3) is 0 Å². The van der Waals surface area contributed by atoms with Crippen LogP contribution in [0.2, 0.25) is 5.02 Å². The minimum Gasteiger partial charge on any atom is -0.414 e. The summed E-state index contributed by atoms with van der Waals surface area (Å²) in [5.41, 5.74) is 0.547. The highest BCUT2D eigenvalue weighted by Gasteiger charge is 2.36. The highest BCUT2D eigenvalue weighted by Crippen LogP contribution is 2.26. The van der Waals surface area contributed by atoms with Crippen LogP contribution in [-0.2, 0) is 14.3 Å². The number of cyclic esters (lactones) is 3. The number of hydrogen-bond donors (Lipinski definition) is 0. The molecule has 0 bridgehead atoms. The number of halogens is 1. The van der Waals surface area contributed by atoms with E-state index >= 15 is 0 Å². The average molecular weight is 213 g/mol. The van der Waals surface area contributed by atoms with Crippen molar-refractivity contribution >= 4 is 23.7 Å². The van der Waals surface area contributed by atoms with Gasteiger partial charge in [0.15, 0.2) is 0 Å². The fourth-order valence-corrected chi connectivity index (χ4v) is 1.27. The van der Waals surface area contributed by atoms with E-state index in [2.05, 4.69) is 9.47 Å². The summed E-state index contributed by atoms with van der Waals surface area (Å²) in [7, 11) is 0. The van der Waals surface area contributed by atoms with E-state index in [-0.39, 0.29) is 0 Å². The number of rotatable bonds is 1. The predicted octanol–water partition coefficient (Wildman–Crippen LogP) is 2.07. The van der Waals surface area contributed by atoms with Gasteiger partial charge in [0.2, 0.25) is 6.10 Å². The zero-order valence-corrected chi connectivity index (χ0v) is 7.65. The second kappa shape index (κ2) is 3.31. The van der Waals surface area contributed by atoms with Crippen LogP contribution in [0.15, 0.2) is 24.3 Å². The second-order valence-corrected chi connectivity index (χ2v) is 3.16. The van der Waals surface area contributed by atoms with Crippen molar-refractivity contribution in [3.05, 3.63) is 34.9 Å². The van der Waals surface area contributed by atoms with E-state index in [1.54, 1.807) is 24.3 Å². The maximum Gasteiger partial charge on any atom is 0.517 e. The van der Waals surface area contributed by atoms with Crippen molar-refractivity contribution in [2.45, 2.75) is 6.10 Å². The SMILES string of the molecule is O=C1OC(=O)C(c2ccc(Cl)cc2)O1. The molecule has 2 rings (SSSR count). The quantitative estimate of drug-likeness (QED) is 0.528. The van der Waals surface area contributed by atoms with E-state index in [9.17, 15) is 9.59 Å². The second-order valence-electron chi connectivity index (χ2n) is 2.72. The molecule has 0 amide bonds. The topological polar surface area (TPSA) is 52.6 Å². The van der Waals surface area contributed by atoms with E-state index in [0.717, 1.165) is 0 Å². The normalized spacial score (nSPS) is 20.5. The van der Waals surface area contributed by atoms with Crippen LogP contribution in [0.5, 0.6) is 0 Å². The highest BCUT2D eigenvalue weighted by molar-refractivity contribution is 6.30. The largest absolute Gasteiger partial charge is 0.517 e. The molecule has 1 aromatic rings. The monoisotopic (exact) mass is 212 g/mol. The molecule has 0 aliphatic carbocycles. The average Bonchev–Trinajstić information content (AvgIpc) is 2.47. The van der Waals surface area contributed by atoms with Crippen LogP contribution < -0.4 is 0 Å². The summed E-state index contributed by atoms with van der Waals surface area (Å²) in [6.45, 7) is 0. The van der Waals surface area contributed by atoms with E-state index in [0.29, 0.717) is 10.6 Å². The van der Waals surface area contributed by atoms with Crippen LogP contribution in [0.4, 0.5) is 4.79 Å². The molecule has 1 aliphatic heterocycles. The molecular formula is C9H5ClO4. The molecule has 72 valence electrons. The maximum absolute atomic E-state index is 11.1. The minimum atomic E-state index is -0.963. The van der Waals surface area contributed by atoms with Crippen LogP contribution in [-0.4, -0.2) is 12.1 Å². The number of benzene rings is 1. The fraction of sp³-hybridized carbons (Fsp3) is 0.111. The molecule has 1 saturated heterocycles. The number of hydrogen-bond acceptors (Lipinski definition) is 4. The molecule has 1 aliphatic rings. The van der Waals surface area contributed by atoms with Gasteiger partial charge in [0, 0.05) is 10.6 Å². The molecule has 0 aromatic heterocycles. The number of esters is 1. The van der Waals surface area contributed by atoms with Gasteiger partial charge >= 0.3 is 12.1 Å². The summed E-state index contributed by atoms with van der Waals surface area (Å²) in [5.74, 6) is -0.697. The van der Waals surface area contributed by atoms with Crippen LogP contribution in [0.1, 0.15) is 11.7 Å². The van der Waals surface area contributed by atoms with Gasteiger partial charge in [-0.3, -0.25) is 0 Å². The van der Waals surface area contributed by atoms with Gasteiger partial charge in [0.1, 0.15) is 0 Å². The summed E-state index contributed by atoms with van der Waals surface area (Å²) in [4.78, 5) is 21.7. The fourth-order valence-electron chi connectivity index (χ4n) is 1.15. The first kappa shape index (κ1) is 9.02. The summed E-state index contributed by atoms with van der Waals surface area (Å²) in [5, 5.41) is 0.548. The van der Waals surface area contributed by atoms with E-state index in [4.69, 9.17) is 11.6 Å². The molecular weight excluding hydrogens is 208 g/mol. The van der Waals surface area contributed by atoms with Crippen molar-refractivity contribution in [2.24, 2.45) is 0 Å². The zero-order valence-electron chi connectivity index (χ0n) is 6.90. The van der Waals surface area contributed by atoms with Crippen molar-refractivity contribution in [3.63, 3.8) is 0 Å². The van der Waals surface area contributed by atoms with E-state index in [1.807, 2.05) is 0 Å². The van der Waals surface area contributed by atoms with Crippen molar-refractivity contribution in [2.75, 3.05) is 0 Å². The first-order valence-electron chi connectivity index (χ1n) is 3.84. The Morgan fingerprint density at radius 1 is 1.14 bits per heavy atom. The minimum absolute atomic E-state index is 0.547. The third-order valence-corrected chi connectivity index (χ3v) is 2.04. The third-order valence-electron chi connectivity index (χ3n) is 1.78. The van der Waals surface area contributed by atoms with Crippen LogP contribution >= 0.6 is 11.6 Å². The molecule has 1 unspecified atom stereocenters. The Balaban J connectivity index is 2.27. The zero-order chi connectivity index (χ0) is 10.1. The molecule has 5 heteroatoms. The maximum atomic E-state index is 11.1. The molecule has 1 heterocycles. The molecule has 1 fully saturated rings. The van der Waals surface area contributed by atoms with Gasteiger partial charge in [0.25, 0.3) is 0 Å². The first-order valence-corrected chi connectivity index (χ1v) is 4.22. The lowest BCUT2D eigenvalue weighted by atomic mass is 10.1. The molecule has 0 spiro atoms. The van der Waals surface area contributed by atoms with E-state index in [1.165, 1.54) is 0 Å². The lowest BCUT2D eigenvalue weighted by molar-refractivity contribution is -0.136. The predicted molar refractivity (Wildman–Crippen MR) is 46.8 cm³/mol. The van der Waals surface area contributed by atoms with Crippen LogP contribution in [0.3, 0.4) is 0 Å². The highest BCUT2D eigenvalue weighted by atomic mass is 35.5. The molecule has 0 saturated carbocycles.